The van der Waals surface area contributed by atoms with E-state index in [9.17, 15) is 14.4 Å². The molecule has 1 fully saturated rings. The smallest absolute Gasteiger partial charge is 0.344 e. The topological polar surface area (TPSA) is 94.2 Å². The number of hydrogen-bond donors (Lipinski definition) is 1. The highest BCUT2D eigenvalue weighted by Gasteiger charge is 2.32. The van der Waals surface area contributed by atoms with Crippen molar-refractivity contribution in [3.8, 4) is 11.5 Å². The molecule has 1 aliphatic heterocycles. The van der Waals surface area contributed by atoms with Crippen LogP contribution in [-0.4, -0.2) is 54.7 Å². The van der Waals surface area contributed by atoms with Crippen LogP contribution >= 0.6 is 28.1 Å². The summed E-state index contributed by atoms with van der Waals surface area (Å²) in [7, 11) is 1.43. The van der Waals surface area contributed by atoms with E-state index in [-0.39, 0.29) is 30.4 Å². The van der Waals surface area contributed by atoms with Crippen molar-refractivity contribution in [2.45, 2.75) is 6.92 Å². The lowest BCUT2D eigenvalue weighted by Crippen LogP contribution is -2.53. The molecular formula is C19H19BrN2O6S. The first-order chi connectivity index (χ1) is 13.8. The summed E-state index contributed by atoms with van der Waals surface area (Å²) in [6.45, 7) is 5.41. The van der Waals surface area contributed by atoms with Gasteiger partial charge in [0.05, 0.1) is 13.7 Å². The van der Waals surface area contributed by atoms with Crippen LogP contribution in [0.2, 0.25) is 0 Å². The normalized spacial score (nSPS) is 15.2. The van der Waals surface area contributed by atoms with Crippen molar-refractivity contribution in [3.05, 3.63) is 40.4 Å². The Bertz CT molecular complexity index is 899. The van der Waals surface area contributed by atoms with Crippen LogP contribution in [0.3, 0.4) is 0 Å². The molecule has 1 aromatic rings. The summed E-state index contributed by atoms with van der Waals surface area (Å²) in [6, 6.07) is 3.14. The minimum atomic E-state index is -0.603. The van der Waals surface area contributed by atoms with Gasteiger partial charge in [0, 0.05) is 11.0 Å². The number of thiocarbonyl (C=S) groups is 1. The number of halogens is 1. The van der Waals surface area contributed by atoms with Gasteiger partial charge >= 0.3 is 5.97 Å². The first-order valence-corrected chi connectivity index (χ1v) is 9.68. The van der Waals surface area contributed by atoms with E-state index in [1.807, 2.05) is 0 Å². The summed E-state index contributed by atoms with van der Waals surface area (Å²) >= 11 is 8.41. The van der Waals surface area contributed by atoms with Gasteiger partial charge in [-0.1, -0.05) is 22.0 Å². The van der Waals surface area contributed by atoms with Crippen molar-refractivity contribution in [3.63, 3.8) is 0 Å². The average Bonchev–Trinajstić information content (AvgIpc) is 2.68. The minimum absolute atomic E-state index is 0.0245. The van der Waals surface area contributed by atoms with Crippen LogP contribution in [0.15, 0.2) is 34.8 Å². The Balaban J connectivity index is 2.35. The molecular weight excluding hydrogens is 464 g/mol. The number of benzene rings is 1. The highest BCUT2D eigenvalue weighted by atomic mass is 79.9. The average molecular weight is 483 g/mol. The maximum absolute atomic E-state index is 12.7. The summed E-state index contributed by atoms with van der Waals surface area (Å²) < 4.78 is 16.1. The van der Waals surface area contributed by atoms with Gasteiger partial charge in [0.15, 0.2) is 23.2 Å². The molecule has 0 radical (unpaired) electrons. The Hall–Kier alpha value is -2.72. The molecule has 2 rings (SSSR count). The molecule has 154 valence electrons. The highest BCUT2D eigenvalue weighted by molar-refractivity contribution is 9.10. The van der Waals surface area contributed by atoms with Gasteiger partial charge in [-0.3, -0.25) is 19.8 Å². The molecule has 0 atom stereocenters. The molecule has 0 aromatic heterocycles. The van der Waals surface area contributed by atoms with Crippen LogP contribution in [0.25, 0.3) is 6.08 Å². The van der Waals surface area contributed by atoms with Crippen molar-refractivity contribution in [2.75, 3.05) is 26.9 Å². The molecule has 29 heavy (non-hydrogen) atoms. The lowest BCUT2D eigenvalue weighted by Gasteiger charge is -2.27. The molecule has 0 aliphatic carbocycles. The SMILES string of the molecule is C=CCN1C(=O)/C(=C/c2cc(OC)c(OCC(=O)OCC)cc2Br)C(=O)NC1=S. The maximum Gasteiger partial charge on any atom is 0.344 e. The number of esters is 1. The zero-order valence-corrected chi connectivity index (χ0v) is 18.2. The number of methoxy groups -OCH3 is 1. The molecule has 10 heteroatoms. The van der Waals surface area contributed by atoms with Gasteiger partial charge in [0.1, 0.15) is 5.57 Å². The zero-order chi connectivity index (χ0) is 21.6. The number of ether oxygens (including phenoxy) is 3. The van der Waals surface area contributed by atoms with Crippen molar-refractivity contribution >= 4 is 57.1 Å². The molecule has 0 spiro atoms. The lowest BCUT2D eigenvalue weighted by atomic mass is 10.1. The van der Waals surface area contributed by atoms with Gasteiger partial charge in [-0.05, 0) is 42.9 Å². The van der Waals surface area contributed by atoms with Crippen LogP contribution in [0.5, 0.6) is 11.5 Å². The summed E-state index contributed by atoms with van der Waals surface area (Å²) in [5.74, 6) is -1.05. The Morgan fingerprint density at radius 3 is 2.69 bits per heavy atom. The minimum Gasteiger partial charge on any atom is -0.493 e. The van der Waals surface area contributed by atoms with Gasteiger partial charge in [-0.2, -0.15) is 0 Å². The summed E-state index contributed by atoms with van der Waals surface area (Å²) in [5, 5.41) is 2.50. The number of carbonyl (C=O) groups is 3. The fraction of sp³-hybridized carbons (Fsp3) is 0.263. The molecule has 0 unspecified atom stereocenters. The summed E-state index contributed by atoms with van der Waals surface area (Å²) in [5.41, 5.74) is 0.401. The maximum atomic E-state index is 12.7. The number of rotatable bonds is 8. The number of nitrogens with zero attached hydrogens (tertiary/aromatic N) is 1. The van der Waals surface area contributed by atoms with Crippen molar-refractivity contribution in [2.24, 2.45) is 0 Å². The number of carbonyl (C=O) groups excluding carboxylic acids is 3. The standard InChI is InChI=1S/C19H19BrN2O6S/c1-4-6-22-18(25)12(17(24)21-19(22)29)7-11-8-14(26-3)15(9-13(11)20)28-10-16(23)27-5-2/h4,7-9H,1,5-6,10H2,2-3H3,(H,21,24,29)/b12-7+. The zero-order valence-electron chi connectivity index (χ0n) is 15.8. The second-order valence-corrected chi connectivity index (χ2v) is 6.88. The van der Waals surface area contributed by atoms with Crippen LogP contribution in [0, 0.1) is 0 Å². The van der Waals surface area contributed by atoms with Crippen molar-refractivity contribution in [1.29, 1.82) is 0 Å². The van der Waals surface area contributed by atoms with E-state index in [4.69, 9.17) is 26.4 Å². The quantitative estimate of drug-likeness (QED) is 0.199. The number of hydrogen-bond acceptors (Lipinski definition) is 7. The first-order valence-electron chi connectivity index (χ1n) is 8.48. The molecule has 1 heterocycles. The van der Waals surface area contributed by atoms with Crippen LogP contribution in [0.1, 0.15) is 12.5 Å². The molecule has 0 saturated carbocycles. The highest BCUT2D eigenvalue weighted by Crippen LogP contribution is 2.35. The van der Waals surface area contributed by atoms with E-state index in [1.54, 1.807) is 19.1 Å². The molecule has 0 bridgehead atoms. The van der Waals surface area contributed by atoms with Crippen LogP contribution < -0.4 is 14.8 Å². The van der Waals surface area contributed by atoms with E-state index in [0.29, 0.717) is 21.5 Å². The molecule has 1 aliphatic rings. The van der Waals surface area contributed by atoms with E-state index < -0.39 is 17.8 Å². The fourth-order valence-corrected chi connectivity index (χ4v) is 3.10. The first kappa shape index (κ1) is 22.6. The van der Waals surface area contributed by atoms with Crippen molar-refractivity contribution < 1.29 is 28.6 Å². The number of amides is 2. The van der Waals surface area contributed by atoms with Crippen LogP contribution in [-0.2, 0) is 19.1 Å². The van der Waals surface area contributed by atoms with Gasteiger partial charge in [-0.25, -0.2) is 4.79 Å². The van der Waals surface area contributed by atoms with Crippen molar-refractivity contribution in [1.82, 2.24) is 10.2 Å². The Morgan fingerprint density at radius 2 is 2.07 bits per heavy atom. The third-order valence-corrected chi connectivity index (χ3v) is 4.74. The predicted octanol–water partition coefficient (Wildman–Crippen LogP) is 2.21. The largest absolute Gasteiger partial charge is 0.493 e. The second kappa shape index (κ2) is 10.2. The molecule has 1 aromatic carbocycles. The van der Waals surface area contributed by atoms with Gasteiger partial charge < -0.3 is 14.2 Å². The van der Waals surface area contributed by atoms with Gasteiger partial charge in [0.2, 0.25) is 0 Å². The predicted molar refractivity (Wildman–Crippen MR) is 113 cm³/mol. The van der Waals surface area contributed by atoms with Crippen LogP contribution in [0.4, 0.5) is 0 Å². The third-order valence-electron chi connectivity index (χ3n) is 3.73. The second-order valence-electron chi connectivity index (χ2n) is 5.64. The van der Waals surface area contributed by atoms with Gasteiger partial charge in [0.25, 0.3) is 11.8 Å². The van der Waals surface area contributed by atoms with E-state index in [1.165, 1.54) is 24.2 Å². The molecule has 1 N–H and O–H groups in total. The Labute approximate surface area is 181 Å². The van der Waals surface area contributed by atoms with E-state index in [0.717, 1.165) is 0 Å². The number of nitrogens with one attached hydrogen (secondary N) is 1. The lowest BCUT2D eigenvalue weighted by molar-refractivity contribution is -0.145. The Kier molecular flexibility index (Phi) is 7.91. The summed E-state index contributed by atoms with van der Waals surface area (Å²) in [6.07, 6.45) is 2.92. The van der Waals surface area contributed by atoms with Gasteiger partial charge in [-0.15, -0.1) is 6.58 Å². The molecule has 8 nitrogen and oxygen atoms in total. The van der Waals surface area contributed by atoms with E-state index >= 15 is 0 Å². The molecule has 2 amide bonds. The fourth-order valence-electron chi connectivity index (χ4n) is 2.42. The Morgan fingerprint density at radius 1 is 1.34 bits per heavy atom. The van der Waals surface area contributed by atoms with E-state index in [2.05, 4.69) is 27.8 Å². The summed E-state index contributed by atoms with van der Waals surface area (Å²) in [4.78, 5) is 37.7. The monoisotopic (exact) mass is 482 g/mol. The third kappa shape index (κ3) is 5.42. The molecule has 1 saturated heterocycles.